The molecule has 0 aliphatic rings. The zero-order chi connectivity index (χ0) is 11.9. The molecule has 7 heteroatoms. The summed E-state index contributed by atoms with van der Waals surface area (Å²) in [7, 11) is -0.143. The number of halogens is 3. The van der Waals surface area contributed by atoms with Crippen LogP contribution in [-0.2, 0) is 8.85 Å². The van der Waals surface area contributed by atoms with E-state index in [4.69, 9.17) is 14.1 Å². The van der Waals surface area contributed by atoms with Crippen molar-refractivity contribution >= 4 is 8.56 Å². The van der Waals surface area contributed by atoms with Crippen molar-refractivity contribution < 1.29 is 22.0 Å². The molecule has 0 heterocycles. The van der Waals surface area contributed by atoms with Gasteiger partial charge >= 0.3 is 14.7 Å². The lowest BCUT2D eigenvalue weighted by atomic mass is 10.5. The SMILES string of the molecule is CO[Si](CCC#N)(CCC(F)(F)F)OC. The van der Waals surface area contributed by atoms with Gasteiger partial charge in [-0.3, -0.25) is 0 Å². The van der Waals surface area contributed by atoms with Crippen LogP contribution in [0.4, 0.5) is 13.2 Å². The van der Waals surface area contributed by atoms with E-state index in [0.717, 1.165) is 0 Å². The molecule has 0 amide bonds. The monoisotopic (exact) mass is 241 g/mol. The van der Waals surface area contributed by atoms with Crippen molar-refractivity contribution in [1.82, 2.24) is 0 Å². The molecule has 0 unspecified atom stereocenters. The molecule has 0 bridgehead atoms. The van der Waals surface area contributed by atoms with Gasteiger partial charge in [-0.05, 0) is 6.04 Å². The summed E-state index contributed by atoms with van der Waals surface area (Å²) in [5, 5.41) is 8.39. The average molecular weight is 241 g/mol. The molecule has 0 aliphatic carbocycles. The summed E-state index contributed by atoms with van der Waals surface area (Å²) in [6.45, 7) is 0. The molecular weight excluding hydrogens is 227 g/mol. The van der Waals surface area contributed by atoms with Crippen molar-refractivity contribution in [2.75, 3.05) is 14.2 Å². The number of hydrogen-bond acceptors (Lipinski definition) is 3. The largest absolute Gasteiger partial charge is 0.398 e. The molecule has 15 heavy (non-hydrogen) atoms. The molecule has 0 atom stereocenters. The summed E-state index contributed by atoms with van der Waals surface area (Å²) in [5.74, 6) is 0. The Bertz CT molecular complexity index is 223. The number of nitriles is 1. The molecule has 0 aliphatic heterocycles. The van der Waals surface area contributed by atoms with Crippen molar-refractivity contribution in [2.24, 2.45) is 0 Å². The molecule has 0 rings (SSSR count). The lowest BCUT2D eigenvalue weighted by Gasteiger charge is -2.26. The van der Waals surface area contributed by atoms with Crippen LogP contribution < -0.4 is 0 Å². The van der Waals surface area contributed by atoms with Gasteiger partial charge in [0, 0.05) is 33.1 Å². The third-order valence-electron chi connectivity index (χ3n) is 2.15. The zero-order valence-electron chi connectivity index (χ0n) is 8.73. The second-order valence-electron chi connectivity index (χ2n) is 3.09. The summed E-state index contributed by atoms with van der Waals surface area (Å²) >= 11 is 0. The van der Waals surface area contributed by atoms with Crippen LogP contribution in [0.5, 0.6) is 0 Å². The maximum absolute atomic E-state index is 12.0. The average Bonchev–Trinajstić information content (AvgIpc) is 2.18. The van der Waals surface area contributed by atoms with Gasteiger partial charge in [0.25, 0.3) is 0 Å². The Morgan fingerprint density at radius 1 is 1.20 bits per heavy atom. The van der Waals surface area contributed by atoms with E-state index in [2.05, 4.69) is 0 Å². The van der Waals surface area contributed by atoms with Gasteiger partial charge in [-0.1, -0.05) is 0 Å². The van der Waals surface area contributed by atoms with E-state index < -0.39 is 21.2 Å². The van der Waals surface area contributed by atoms with Crippen molar-refractivity contribution in [3.8, 4) is 6.07 Å². The molecule has 0 fully saturated rings. The van der Waals surface area contributed by atoms with E-state index >= 15 is 0 Å². The summed E-state index contributed by atoms with van der Waals surface area (Å²) in [5.41, 5.74) is 0. The fourth-order valence-electron chi connectivity index (χ4n) is 1.20. The number of nitrogens with zero attached hydrogens (tertiary/aromatic N) is 1. The number of hydrogen-bond donors (Lipinski definition) is 0. The van der Waals surface area contributed by atoms with Crippen LogP contribution in [0.2, 0.25) is 12.1 Å². The second-order valence-corrected chi connectivity index (χ2v) is 6.73. The third-order valence-corrected chi connectivity index (χ3v) is 5.66. The predicted octanol–water partition coefficient (Wildman–Crippen LogP) is 2.59. The Morgan fingerprint density at radius 3 is 2.07 bits per heavy atom. The molecule has 3 nitrogen and oxygen atoms in total. The van der Waals surface area contributed by atoms with Gasteiger partial charge in [0.05, 0.1) is 6.07 Å². The first-order valence-electron chi connectivity index (χ1n) is 4.43. The first-order valence-corrected chi connectivity index (χ1v) is 6.66. The quantitative estimate of drug-likeness (QED) is 0.671. The molecule has 0 aromatic heterocycles. The number of rotatable bonds is 6. The highest BCUT2D eigenvalue weighted by atomic mass is 28.4. The Morgan fingerprint density at radius 2 is 1.73 bits per heavy atom. The smallest absolute Gasteiger partial charge is 0.389 e. The van der Waals surface area contributed by atoms with Crippen LogP contribution in [0.1, 0.15) is 12.8 Å². The third kappa shape index (κ3) is 5.77. The van der Waals surface area contributed by atoms with Gasteiger partial charge in [-0.15, -0.1) is 0 Å². The molecule has 0 aromatic rings. The number of alkyl halides is 3. The summed E-state index contributed by atoms with van der Waals surface area (Å²) in [6, 6.07) is 1.99. The molecule has 0 saturated heterocycles. The highest BCUT2D eigenvalue weighted by Gasteiger charge is 2.40. The van der Waals surface area contributed by atoms with E-state index in [0.29, 0.717) is 0 Å². The van der Waals surface area contributed by atoms with E-state index in [1.54, 1.807) is 0 Å². The van der Waals surface area contributed by atoms with Crippen molar-refractivity contribution in [3.63, 3.8) is 0 Å². The Balaban J connectivity index is 4.31. The molecule has 0 saturated carbocycles. The molecule has 88 valence electrons. The predicted molar refractivity (Wildman–Crippen MR) is 50.3 cm³/mol. The lowest BCUT2D eigenvalue weighted by Crippen LogP contribution is -2.40. The van der Waals surface area contributed by atoms with Crippen LogP contribution >= 0.6 is 0 Å². The second kappa shape index (κ2) is 6.10. The van der Waals surface area contributed by atoms with Crippen LogP contribution in [0.25, 0.3) is 0 Å². The fraction of sp³-hybridized carbons (Fsp3) is 0.875. The first kappa shape index (κ1) is 14.4. The normalized spacial score (nSPS) is 12.5. The molecule has 0 spiro atoms. The van der Waals surface area contributed by atoms with Gasteiger partial charge in [0.15, 0.2) is 0 Å². The van der Waals surface area contributed by atoms with E-state index in [1.165, 1.54) is 14.2 Å². The van der Waals surface area contributed by atoms with E-state index in [9.17, 15) is 13.2 Å². The summed E-state index contributed by atoms with van der Waals surface area (Å²) < 4.78 is 46.2. The molecule has 0 aromatic carbocycles. The lowest BCUT2D eigenvalue weighted by molar-refractivity contribution is -0.131. The van der Waals surface area contributed by atoms with Gasteiger partial charge in [-0.2, -0.15) is 18.4 Å². The van der Waals surface area contributed by atoms with Gasteiger partial charge < -0.3 is 8.85 Å². The van der Waals surface area contributed by atoms with Crippen LogP contribution in [0, 0.1) is 11.3 Å². The maximum atomic E-state index is 12.0. The van der Waals surface area contributed by atoms with Gasteiger partial charge in [0.2, 0.25) is 0 Å². The Labute approximate surface area is 88.0 Å². The van der Waals surface area contributed by atoms with E-state index in [1.807, 2.05) is 6.07 Å². The minimum Gasteiger partial charge on any atom is -0.398 e. The highest BCUT2D eigenvalue weighted by Crippen LogP contribution is 2.29. The van der Waals surface area contributed by atoms with E-state index in [-0.39, 0.29) is 18.5 Å². The van der Waals surface area contributed by atoms with Crippen molar-refractivity contribution in [3.05, 3.63) is 0 Å². The fourth-order valence-corrected chi connectivity index (χ4v) is 3.59. The van der Waals surface area contributed by atoms with Gasteiger partial charge in [0.1, 0.15) is 0 Å². The minimum absolute atomic E-state index is 0.158. The summed E-state index contributed by atoms with van der Waals surface area (Å²) in [4.78, 5) is 0. The van der Waals surface area contributed by atoms with Crippen molar-refractivity contribution in [2.45, 2.75) is 31.1 Å². The Kier molecular flexibility index (Phi) is 5.86. The topological polar surface area (TPSA) is 42.2 Å². The maximum Gasteiger partial charge on any atom is 0.389 e. The van der Waals surface area contributed by atoms with Crippen molar-refractivity contribution in [1.29, 1.82) is 5.26 Å². The van der Waals surface area contributed by atoms with Gasteiger partial charge in [-0.25, -0.2) is 0 Å². The Hall–Kier alpha value is -0.583. The highest BCUT2D eigenvalue weighted by molar-refractivity contribution is 6.67. The van der Waals surface area contributed by atoms with Crippen LogP contribution in [-0.4, -0.2) is 29.0 Å². The zero-order valence-corrected chi connectivity index (χ0v) is 9.73. The molecule has 0 radical (unpaired) electrons. The standard InChI is InChI=1S/C8H14F3NO2Si/c1-13-15(14-2,6-3-5-12)7-4-8(9,10)11/h3-4,6-7H2,1-2H3. The van der Waals surface area contributed by atoms with Crippen LogP contribution in [0.3, 0.4) is 0 Å². The first-order chi connectivity index (χ1) is 6.89. The molecule has 0 N–H and O–H groups in total. The minimum atomic E-state index is -4.21. The van der Waals surface area contributed by atoms with Crippen LogP contribution in [0.15, 0.2) is 0 Å². The summed E-state index contributed by atoms with van der Waals surface area (Å²) in [6.07, 6.45) is -4.97. The molecular formula is C8H14F3NO2Si.